The van der Waals surface area contributed by atoms with E-state index in [2.05, 4.69) is 4.99 Å². The molecule has 0 radical (unpaired) electrons. The van der Waals surface area contributed by atoms with Gasteiger partial charge in [0.05, 0.1) is 12.1 Å². The molecule has 2 rings (SSSR count). The number of hydrogen-bond donors (Lipinski definition) is 1. The van der Waals surface area contributed by atoms with Gasteiger partial charge in [-0.3, -0.25) is 9.79 Å². The summed E-state index contributed by atoms with van der Waals surface area (Å²) < 4.78 is 13.4. The van der Waals surface area contributed by atoms with Crippen LogP contribution in [0.2, 0.25) is 5.02 Å². The molecule has 6 heteroatoms. The van der Waals surface area contributed by atoms with Crippen LogP contribution in [0.1, 0.15) is 24.3 Å². The summed E-state index contributed by atoms with van der Waals surface area (Å²) in [6, 6.07) is 4.06. The predicted octanol–water partition coefficient (Wildman–Crippen LogP) is 3.37. The van der Waals surface area contributed by atoms with Gasteiger partial charge in [-0.2, -0.15) is 0 Å². The van der Waals surface area contributed by atoms with Crippen molar-refractivity contribution in [2.45, 2.75) is 18.8 Å². The fourth-order valence-corrected chi connectivity index (χ4v) is 2.79. The molecule has 1 atom stereocenters. The summed E-state index contributed by atoms with van der Waals surface area (Å²) in [5.41, 5.74) is 0.794. The lowest BCUT2D eigenvalue weighted by Gasteiger charge is -2.23. The van der Waals surface area contributed by atoms with Crippen LogP contribution in [0.15, 0.2) is 34.5 Å². The molecule has 1 aromatic carbocycles. The lowest BCUT2D eigenvalue weighted by Crippen LogP contribution is -2.20. The smallest absolute Gasteiger partial charge is 0.168 e. The lowest BCUT2D eigenvalue weighted by molar-refractivity contribution is -0.116. The van der Waals surface area contributed by atoms with E-state index in [-0.39, 0.29) is 35.9 Å². The van der Waals surface area contributed by atoms with Crippen molar-refractivity contribution in [3.8, 4) is 0 Å². The molecule has 0 saturated heterocycles. The lowest BCUT2D eigenvalue weighted by atomic mass is 9.83. The van der Waals surface area contributed by atoms with Crippen molar-refractivity contribution < 1.29 is 14.3 Å². The number of Topliss-reactive ketones (excluding diaryl/α,β-unsaturated/α-hetero) is 1. The second-order valence-corrected chi connectivity index (χ2v) is 6.30. The van der Waals surface area contributed by atoms with E-state index >= 15 is 0 Å². The highest BCUT2D eigenvalue weighted by Crippen LogP contribution is 2.36. The van der Waals surface area contributed by atoms with Crippen LogP contribution in [0, 0.1) is 5.82 Å². The van der Waals surface area contributed by atoms with Gasteiger partial charge in [-0.05, 0) is 43.8 Å². The molecule has 1 aromatic rings. The van der Waals surface area contributed by atoms with Crippen LogP contribution in [0.25, 0.3) is 0 Å². The Morgan fingerprint density at radius 2 is 2.17 bits per heavy atom. The Bertz CT molecular complexity index is 656. The number of halogens is 2. The normalized spacial score (nSPS) is 19.2. The summed E-state index contributed by atoms with van der Waals surface area (Å²) in [6.07, 6.45) is 1.87. The highest BCUT2D eigenvalue weighted by molar-refractivity contribution is 6.31. The first-order chi connectivity index (χ1) is 10.9. The number of aliphatic imine (C=N–C) groups is 1. The van der Waals surface area contributed by atoms with Gasteiger partial charge in [0, 0.05) is 30.6 Å². The molecule has 1 N–H and O–H groups in total. The largest absolute Gasteiger partial charge is 0.511 e. The Morgan fingerprint density at radius 1 is 1.43 bits per heavy atom. The molecule has 0 aliphatic heterocycles. The second kappa shape index (κ2) is 7.70. The minimum absolute atomic E-state index is 0.0137. The Kier molecular flexibility index (Phi) is 5.91. The number of aliphatic hydroxyl groups excluding tert-OH is 1. The molecule has 0 spiro atoms. The molecule has 0 aromatic heterocycles. The standard InChI is InChI=1S/C17H20ClFN2O2/c1-21(2)6-5-20-10-14-16(22)7-11(8-17(14)23)13-9-12(19)3-4-15(13)18/h3-4,9-11,22H,5-8H2,1-2H3. The fraction of sp³-hybridized carbons (Fsp3) is 0.412. The molecule has 1 unspecified atom stereocenters. The summed E-state index contributed by atoms with van der Waals surface area (Å²) in [4.78, 5) is 18.4. The zero-order chi connectivity index (χ0) is 17.0. The van der Waals surface area contributed by atoms with Crippen molar-refractivity contribution in [1.29, 1.82) is 0 Å². The van der Waals surface area contributed by atoms with E-state index in [1.54, 1.807) is 0 Å². The van der Waals surface area contributed by atoms with Gasteiger partial charge < -0.3 is 10.0 Å². The zero-order valence-corrected chi connectivity index (χ0v) is 14.0. The molecular weight excluding hydrogens is 319 g/mol. The maximum atomic E-state index is 13.4. The summed E-state index contributed by atoms with van der Waals surface area (Å²) in [5, 5.41) is 10.6. The third kappa shape index (κ3) is 4.62. The van der Waals surface area contributed by atoms with Crippen molar-refractivity contribution in [2.24, 2.45) is 4.99 Å². The monoisotopic (exact) mass is 338 g/mol. The Hall–Kier alpha value is -1.72. The van der Waals surface area contributed by atoms with Crippen LogP contribution in [0.3, 0.4) is 0 Å². The van der Waals surface area contributed by atoms with Gasteiger partial charge in [0.1, 0.15) is 11.6 Å². The van der Waals surface area contributed by atoms with E-state index in [4.69, 9.17) is 11.6 Å². The number of hydrogen-bond acceptors (Lipinski definition) is 4. The van der Waals surface area contributed by atoms with E-state index in [0.29, 0.717) is 17.1 Å². The third-order valence-electron chi connectivity index (χ3n) is 3.78. The third-order valence-corrected chi connectivity index (χ3v) is 4.12. The van der Waals surface area contributed by atoms with E-state index in [9.17, 15) is 14.3 Å². The summed E-state index contributed by atoms with van der Waals surface area (Å²) in [7, 11) is 3.87. The van der Waals surface area contributed by atoms with E-state index in [1.165, 1.54) is 24.4 Å². The number of aliphatic hydroxyl groups is 1. The molecule has 1 aliphatic carbocycles. The number of allylic oxidation sites excluding steroid dienone is 2. The molecule has 0 bridgehead atoms. The number of carbonyl (C=O) groups is 1. The van der Waals surface area contributed by atoms with Gasteiger partial charge >= 0.3 is 0 Å². The van der Waals surface area contributed by atoms with Crippen molar-refractivity contribution in [1.82, 2.24) is 4.90 Å². The minimum atomic E-state index is -0.406. The summed E-state index contributed by atoms with van der Waals surface area (Å²) >= 11 is 6.09. The number of nitrogens with zero attached hydrogens (tertiary/aromatic N) is 2. The van der Waals surface area contributed by atoms with Crippen LogP contribution in [-0.4, -0.2) is 49.2 Å². The van der Waals surface area contributed by atoms with Gasteiger partial charge in [-0.15, -0.1) is 0 Å². The SMILES string of the molecule is CN(C)CCN=CC1=C(O)CC(c2cc(F)ccc2Cl)CC1=O. The Morgan fingerprint density at radius 3 is 2.83 bits per heavy atom. The molecule has 0 saturated carbocycles. The van der Waals surface area contributed by atoms with E-state index in [0.717, 1.165) is 6.54 Å². The first kappa shape index (κ1) is 17.6. The van der Waals surface area contributed by atoms with Crippen LogP contribution < -0.4 is 0 Å². The highest BCUT2D eigenvalue weighted by atomic mass is 35.5. The number of ketones is 1. The van der Waals surface area contributed by atoms with Crippen molar-refractivity contribution in [3.05, 3.63) is 45.9 Å². The molecule has 0 heterocycles. The first-order valence-corrected chi connectivity index (χ1v) is 7.81. The average molecular weight is 339 g/mol. The topological polar surface area (TPSA) is 52.9 Å². The van der Waals surface area contributed by atoms with Gasteiger partial charge in [-0.1, -0.05) is 11.6 Å². The van der Waals surface area contributed by atoms with Gasteiger partial charge in [0.15, 0.2) is 5.78 Å². The molecule has 1 aliphatic rings. The fourth-order valence-electron chi connectivity index (χ4n) is 2.52. The number of carbonyl (C=O) groups excluding carboxylic acids is 1. The molecule has 4 nitrogen and oxygen atoms in total. The van der Waals surface area contributed by atoms with Gasteiger partial charge in [0.25, 0.3) is 0 Å². The zero-order valence-electron chi connectivity index (χ0n) is 13.2. The average Bonchev–Trinajstić information content (AvgIpc) is 2.47. The molecular formula is C17H20ClFN2O2. The number of likely N-dealkylation sites (N-methyl/N-ethyl adjacent to an activating group) is 1. The Balaban J connectivity index is 2.14. The number of rotatable bonds is 5. The molecule has 0 fully saturated rings. The maximum absolute atomic E-state index is 13.4. The van der Waals surface area contributed by atoms with E-state index in [1.807, 2.05) is 19.0 Å². The Labute approximate surface area is 140 Å². The highest BCUT2D eigenvalue weighted by Gasteiger charge is 2.29. The van der Waals surface area contributed by atoms with E-state index < -0.39 is 5.82 Å². The van der Waals surface area contributed by atoms with Crippen molar-refractivity contribution in [2.75, 3.05) is 27.2 Å². The number of benzene rings is 1. The maximum Gasteiger partial charge on any atom is 0.168 e. The molecule has 23 heavy (non-hydrogen) atoms. The van der Waals surface area contributed by atoms with Crippen LogP contribution in [-0.2, 0) is 4.79 Å². The first-order valence-electron chi connectivity index (χ1n) is 7.43. The molecule has 124 valence electrons. The predicted molar refractivity (Wildman–Crippen MR) is 90.0 cm³/mol. The van der Waals surface area contributed by atoms with Gasteiger partial charge in [0.2, 0.25) is 0 Å². The minimum Gasteiger partial charge on any atom is -0.511 e. The van der Waals surface area contributed by atoms with Crippen molar-refractivity contribution >= 4 is 23.6 Å². The second-order valence-electron chi connectivity index (χ2n) is 5.89. The summed E-state index contributed by atoms with van der Waals surface area (Å²) in [5.74, 6) is -0.936. The van der Waals surface area contributed by atoms with Gasteiger partial charge in [-0.25, -0.2) is 4.39 Å². The van der Waals surface area contributed by atoms with Crippen LogP contribution in [0.4, 0.5) is 4.39 Å². The van der Waals surface area contributed by atoms with Crippen LogP contribution in [0.5, 0.6) is 0 Å². The van der Waals surface area contributed by atoms with Crippen LogP contribution >= 0.6 is 11.6 Å². The molecule has 0 amide bonds. The quantitative estimate of drug-likeness (QED) is 0.837. The summed E-state index contributed by atoms with van der Waals surface area (Å²) in [6.45, 7) is 1.32. The van der Waals surface area contributed by atoms with Crippen molar-refractivity contribution in [3.63, 3.8) is 0 Å².